The van der Waals surface area contributed by atoms with E-state index in [0.717, 1.165) is 11.3 Å². The Kier molecular flexibility index (Phi) is 4.15. The van der Waals surface area contributed by atoms with Gasteiger partial charge in [-0.15, -0.1) is 0 Å². The van der Waals surface area contributed by atoms with E-state index in [-0.39, 0.29) is 6.09 Å². The molecule has 5 heteroatoms. The molecule has 5 nitrogen and oxygen atoms in total. The molecular formula is C12H21N3O2. The summed E-state index contributed by atoms with van der Waals surface area (Å²) in [7, 11) is 0. The first kappa shape index (κ1) is 13.5. The molecule has 0 radical (unpaired) electrons. The molecule has 1 aliphatic heterocycles. The minimum absolute atomic E-state index is 0.271. The van der Waals surface area contributed by atoms with E-state index in [1.54, 1.807) is 11.1 Å². The summed E-state index contributed by atoms with van der Waals surface area (Å²) in [6.07, 6.45) is 1.48. The maximum atomic E-state index is 11.7. The number of ether oxygens (including phenoxy) is 1. The van der Waals surface area contributed by atoms with Crippen LogP contribution in [0.2, 0.25) is 0 Å². The lowest BCUT2D eigenvalue weighted by Gasteiger charge is -2.24. The lowest BCUT2D eigenvalue weighted by Crippen LogP contribution is -2.33. The van der Waals surface area contributed by atoms with Gasteiger partial charge < -0.3 is 4.74 Å². The molecule has 1 N–H and O–H groups in total. The highest BCUT2D eigenvalue weighted by Crippen LogP contribution is 2.22. The molecule has 1 amide bonds. The van der Waals surface area contributed by atoms with Crippen molar-refractivity contribution in [1.29, 1.82) is 0 Å². The van der Waals surface area contributed by atoms with Gasteiger partial charge in [-0.05, 0) is 20.8 Å². The monoisotopic (exact) mass is 239 g/mol. The molecule has 2 rings (SSSR count). The maximum Gasteiger partial charge on any atom is 0.410 e. The summed E-state index contributed by atoms with van der Waals surface area (Å²) in [6, 6.07) is 0. The molecule has 0 spiro atoms. The van der Waals surface area contributed by atoms with Crippen LogP contribution in [0, 0.1) is 0 Å². The van der Waals surface area contributed by atoms with Crippen LogP contribution in [0.4, 0.5) is 4.79 Å². The predicted octanol–water partition coefficient (Wildman–Crippen LogP) is 2.69. The third-order valence-corrected chi connectivity index (χ3v) is 2.17. The molecule has 0 fully saturated rings. The summed E-state index contributed by atoms with van der Waals surface area (Å²) < 4.78 is 5.27. The fourth-order valence-electron chi connectivity index (χ4n) is 1.52. The number of H-pyrrole nitrogens is 1. The Hall–Kier alpha value is -1.52. The highest BCUT2D eigenvalue weighted by molar-refractivity contribution is 5.69. The second kappa shape index (κ2) is 5.21. The Morgan fingerprint density at radius 2 is 2.06 bits per heavy atom. The van der Waals surface area contributed by atoms with Crippen LogP contribution in [-0.2, 0) is 17.8 Å². The number of hydrogen-bond donors (Lipinski definition) is 1. The fraction of sp³-hybridized carbons (Fsp3) is 0.667. The van der Waals surface area contributed by atoms with Crippen LogP contribution >= 0.6 is 0 Å². The minimum atomic E-state index is -0.439. The highest BCUT2D eigenvalue weighted by Gasteiger charge is 2.28. The van der Waals surface area contributed by atoms with E-state index in [0.29, 0.717) is 13.1 Å². The molecule has 1 aromatic rings. The largest absolute Gasteiger partial charge is 0.444 e. The van der Waals surface area contributed by atoms with Crippen LogP contribution in [-0.4, -0.2) is 26.8 Å². The zero-order valence-corrected chi connectivity index (χ0v) is 11.2. The maximum absolute atomic E-state index is 11.7. The smallest absolute Gasteiger partial charge is 0.410 e. The third-order valence-electron chi connectivity index (χ3n) is 2.17. The molecule has 0 bridgehead atoms. The Bertz CT molecular complexity index is 359. The molecule has 0 aliphatic carbocycles. The summed E-state index contributed by atoms with van der Waals surface area (Å²) in [5.74, 6) is 0. The molecule has 17 heavy (non-hydrogen) atoms. The number of aromatic amines is 1. The first-order valence-electron chi connectivity index (χ1n) is 5.95. The van der Waals surface area contributed by atoms with Gasteiger partial charge >= 0.3 is 6.09 Å². The second-order valence-corrected chi connectivity index (χ2v) is 4.71. The van der Waals surface area contributed by atoms with E-state index in [4.69, 9.17) is 4.74 Å². The number of carbonyl (C=O) groups is 1. The summed E-state index contributed by atoms with van der Waals surface area (Å²) in [4.78, 5) is 13.4. The number of aromatic nitrogens is 2. The van der Waals surface area contributed by atoms with Crippen molar-refractivity contribution in [1.82, 2.24) is 15.1 Å². The Balaban J connectivity index is 0.000000686. The molecule has 1 aromatic heterocycles. The van der Waals surface area contributed by atoms with Crippen molar-refractivity contribution in [3.8, 4) is 0 Å². The molecule has 0 atom stereocenters. The van der Waals surface area contributed by atoms with Crippen molar-refractivity contribution < 1.29 is 9.53 Å². The topological polar surface area (TPSA) is 58.2 Å². The third kappa shape index (κ3) is 3.47. The van der Waals surface area contributed by atoms with Crippen LogP contribution in [0.1, 0.15) is 45.9 Å². The van der Waals surface area contributed by atoms with E-state index in [1.165, 1.54) is 0 Å². The normalized spacial score (nSPS) is 13.8. The summed E-state index contributed by atoms with van der Waals surface area (Å²) in [5, 5.41) is 6.77. The van der Waals surface area contributed by atoms with Crippen molar-refractivity contribution in [3.63, 3.8) is 0 Å². The van der Waals surface area contributed by atoms with Crippen molar-refractivity contribution >= 4 is 6.09 Å². The minimum Gasteiger partial charge on any atom is -0.444 e. The van der Waals surface area contributed by atoms with Gasteiger partial charge in [-0.25, -0.2) is 4.79 Å². The van der Waals surface area contributed by atoms with Crippen molar-refractivity contribution in [2.24, 2.45) is 0 Å². The SMILES string of the molecule is CC.CC(C)(C)OC(=O)N1Cc2cn[nH]c2C1. The Morgan fingerprint density at radius 1 is 1.41 bits per heavy atom. The van der Waals surface area contributed by atoms with Crippen LogP contribution < -0.4 is 0 Å². The molecule has 0 saturated heterocycles. The first-order valence-corrected chi connectivity index (χ1v) is 5.95. The molecule has 96 valence electrons. The van der Waals surface area contributed by atoms with Crippen LogP contribution in [0.25, 0.3) is 0 Å². The number of rotatable bonds is 0. The molecule has 0 saturated carbocycles. The van der Waals surface area contributed by atoms with Gasteiger partial charge in [0.1, 0.15) is 5.60 Å². The van der Waals surface area contributed by atoms with Gasteiger partial charge in [0.15, 0.2) is 0 Å². The van der Waals surface area contributed by atoms with Crippen LogP contribution in [0.5, 0.6) is 0 Å². The standard InChI is InChI=1S/C10H15N3O2.C2H6/c1-10(2,3)15-9(14)13-5-7-4-11-12-8(7)6-13;1-2/h4H,5-6H2,1-3H3,(H,11,12);1-2H3. The van der Waals surface area contributed by atoms with Gasteiger partial charge in [-0.1, -0.05) is 13.8 Å². The molecular weight excluding hydrogens is 218 g/mol. The van der Waals surface area contributed by atoms with Gasteiger partial charge in [0.25, 0.3) is 0 Å². The number of hydrogen-bond acceptors (Lipinski definition) is 3. The van der Waals surface area contributed by atoms with Crippen molar-refractivity contribution in [2.75, 3.05) is 0 Å². The predicted molar refractivity (Wildman–Crippen MR) is 65.4 cm³/mol. The van der Waals surface area contributed by atoms with Crippen molar-refractivity contribution in [2.45, 2.75) is 53.3 Å². The highest BCUT2D eigenvalue weighted by atomic mass is 16.6. The quantitative estimate of drug-likeness (QED) is 0.757. The average molecular weight is 239 g/mol. The number of carbonyl (C=O) groups excluding carboxylic acids is 1. The van der Waals surface area contributed by atoms with E-state index in [9.17, 15) is 4.79 Å². The van der Waals surface area contributed by atoms with E-state index < -0.39 is 5.60 Å². The molecule has 2 heterocycles. The van der Waals surface area contributed by atoms with Crippen LogP contribution in [0.3, 0.4) is 0 Å². The number of fused-ring (bicyclic) bond motifs is 1. The fourth-order valence-corrected chi connectivity index (χ4v) is 1.52. The summed E-state index contributed by atoms with van der Waals surface area (Å²) in [5.41, 5.74) is 1.63. The lowest BCUT2D eigenvalue weighted by molar-refractivity contribution is 0.0239. The Morgan fingerprint density at radius 3 is 2.59 bits per heavy atom. The van der Waals surface area contributed by atoms with Gasteiger partial charge in [0, 0.05) is 5.56 Å². The second-order valence-electron chi connectivity index (χ2n) is 4.71. The average Bonchev–Trinajstić information content (AvgIpc) is 2.76. The number of amides is 1. The van der Waals surface area contributed by atoms with Crippen molar-refractivity contribution in [3.05, 3.63) is 17.5 Å². The number of nitrogens with zero attached hydrogens (tertiary/aromatic N) is 2. The first-order chi connectivity index (χ1) is 7.96. The van der Waals surface area contributed by atoms with Gasteiger partial charge in [0.05, 0.1) is 25.0 Å². The van der Waals surface area contributed by atoms with Gasteiger partial charge in [-0.3, -0.25) is 10.00 Å². The zero-order chi connectivity index (χ0) is 13.1. The van der Waals surface area contributed by atoms with E-state index >= 15 is 0 Å². The Labute approximate surface area is 102 Å². The van der Waals surface area contributed by atoms with E-state index in [1.807, 2.05) is 34.6 Å². The zero-order valence-electron chi connectivity index (χ0n) is 11.2. The van der Waals surface area contributed by atoms with E-state index in [2.05, 4.69) is 10.2 Å². The van der Waals surface area contributed by atoms with Gasteiger partial charge in [0.2, 0.25) is 0 Å². The lowest BCUT2D eigenvalue weighted by atomic mass is 10.2. The number of nitrogens with one attached hydrogen (secondary N) is 1. The van der Waals surface area contributed by atoms with Crippen LogP contribution in [0.15, 0.2) is 6.20 Å². The molecule has 0 aromatic carbocycles. The molecule has 1 aliphatic rings. The molecule has 0 unspecified atom stereocenters. The summed E-state index contributed by atoms with van der Waals surface area (Å²) >= 11 is 0. The van der Waals surface area contributed by atoms with Gasteiger partial charge in [-0.2, -0.15) is 5.10 Å². The summed E-state index contributed by atoms with van der Waals surface area (Å²) in [6.45, 7) is 10.7.